The lowest BCUT2D eigenvalue weighted by Crippen LogP contribution is -1.93. The summed E-state index contributed by atoms with van der Waals surface area (Å²) < 4.78 is 11.0. The molecule has 0 radical (unpaired) electrons. The standard InChI is InChI=1S/C24H16Cl2O2/c1-3-5-7-13-27-23-12-11-20(16-24(23)28-14-8-6-4-2)22-15-19(17-25)9-10-21(22)18-26/h9-12,15-16H,17-18H2,1-2H3. The Morgan fingerprint density at radius 3 is 2.04 bits per heavy atom. The van der Waals surface area contributed by atoms with Gasteiger partial charge in [-0.2, -0.15) is 0 Å². The van der Waals surface area contributed by atoms with Crippen LogP contribution in [0.25, 0.3) is 11.1 Å². The zero-order valence-corrected chi connectivity index (χ0v) is 17.0. The Morgan fingerprint density at radius 2 is 1.43 bits per heavy atom. The molecule has 0 saturated heterocycles. The molecule has 0 fully saturated rings. The van der Waals surface area contributed by atoms with Gasteiger partial charge in [-0.05, 0) is 66.1 Å². The van der Waals surface area contributed by atoms with Gasteiger partial charge in [0.2, 0.25) is 0 Å². The fourth-order valence-corrected chi connectivity index (χ4v) is 2.67. The largest absolute Gasteiger partial charge is 0.403 e. The summed E-state index contributed by atoms with van der Waals surface area (Å²) >= 11 is 12.1. The number of rotatable bonds is 5. The lowest BCUT2D eigenvalue weighted by atomic mass is 9.98. The quantitative estimate of drug-likeness (QED) is 0.478. The van der Waals surface area contributed by atoms with Crippen molar-refractivity contribution in [3.8, 4) is 70.4 Å². The highest BCUT2D eigenvalue weighted by Crippen LogP contribution is 2.35. The average molecular weight is 407 g/mol. The lowest BCUT2D eigenvalue weighted by Gasteiger charge is -2.12. The summed E-state index contributed by atoms with van der Waals surface area (Å²) in [5.41, 5.74) is 3.84. The molecule has 138 valence electrons. The molecule has 0 atom stereocenters. The number of hydrogen-bond donors (Lipinski definition) is 0. The molecule has 0 amide bonds. The van der Waals surface area contributed by atoms with Crippen molar-refractivity contribution in [2.75, 3.05) is 0 Å². The molecule has 2 aromatic rings. The van der Waals surface area contributed by atoms with E-state index in [4.69, 9.17) is 32.7 Å². The highest BCUT2D eigenvalue weighted by Gasteiger charge is 2.11. The van der Waals surface area contributed by atoms with Gasteiger partial charge in [-0.15, -0.1) is 23.2 Å². The number of ether oxygens (including phenoxy) is 2. The Kier molecular flexibility index (Phi) is 8.73. The predicted octanol–water partition coefficient (Wildman–Crippen LogP) is 5.56. The van der Waals surface area contributed by atoms with Crippen LogP contribution in [-0.4, -0.2) is 0 Å². The highest BCUT2D eigenvalue weighted by atomic mass is 35.5. The van der Waals surface area contributed by atoms with Crippen LogP contribution in [0, 0.1) is 47.7 Å². The summed E-state index contributed by atoms with van der Waals surface area (Å²) in [7, 11) is 0. The van der Waals surface area contributed by atoms with Crippen molar-refractivity contribution < 1.29 is 9.47 Å². The monoisotopic (exact) mass is 406 g/mol. The molecule has 0 bridgehead atoms. The van der Waals surface area contributed by atoms with Crippen LogP contribution in [0.5, 0.6) is 11.5 Å². The van der Waals surface area contributed by atoms with Gasteiger partial charge in [0.1, 0.15) is 12.2 Å². The molecule has 0 heterocycles. The summed E-state index contributed by atoms with van der Waals surface area (Å²) in [4.78, 5) is 0. The minimum atomic E-state index is 0.374. The molecule has 0 aromatic heterocycles. The first kappa shape index (κ1) is 21.2. The SMILES string of the molecule is CC#CC#COc1ccc(-c2cc(CCl)ccc2CCl)cc1OC#CC#CC. The van der Waals surface area contributed by atoms with Crippen LogP contribution in [0.1, 0.15) is 25.0 Å². The minimum absolute atomic E-state index is 0.374. The van der Waals surface area contributed by atoms with E-state index in [9.17, 15) is 0 Å². The number of halogens is 2. The molecule has 0 saturated carbocycles. The van der Waals surface area contributed by atoms with Crippen LogP contribution < -0.4 is 9.47 Å². The van der Waals surface area contributed by atoms with Gasteiger partial charge in [0.25, 0.3) is 0 Å². The minimum Gasteiger partial charge on any atom is -0.403 e. The fourth-order valence-electron chi connectivity index (χ4n) is 2.27. The molecule has 4 heteroatoms. The third-order valence-electron chi connectivity index (χ3n) is 3.53. The predicted molar refractivity (Wildman–Crippen MR) is 115 cm³/mol. The van der Waals surface area contributed by atoms with E-state index < -0.39 is 0 Å². The normalized spacial score (nSPS) is 8.57. The maximum atomic E-state index is 6.11. The summed E-state index contributed by atoms with van der Waals surface area (Å²) in [6, 6.07) is 11.4. The molecular formula is C24H16Cl2O2. The van der Waals surface area contributed by atoms with Crippen LogP contribution in [-0.2, 0) is 11.8 Å². The molecule has 0 N–H and O–H groups in total. The first-order valence-electron chi connectivity index (χ1n) is 8.28. The maximum absolute atomic E-state index is 6.11. The van der Waals surface area contributed by atoms with Gasteiger partial charge in [0.05, 0.1) is 0 Å². The van der Waals surface area contributed by atoms with Crippen molar-refractivity contribution in [3.63, 3.8) is 0 Å². The van der Waals surface area contributed by atoms with Crippen molar-refractivity contribution in [3.05, 3.63) is 47.5 Å². The molecule has 2 rings (SSSR count). The average Bonchev–Trinajstić information content (AvgIpc) is 2.74. The Hall–Kier alpha value is -3.14. The Balaban J connectivity index is 2.49. The molecule has 2 nitrogen and oxygen atoms in total. The molecule has 0 unspecified atom stereocenters. The summed E-state index contributed by atoms with van der Waals surface area (Å²) in [5.74, 6) is 17.4. The molecule has 0 aliphatic heterocycles. The van der Waals surface area contributed by atoms with Crippen molar-refractivity contribution in [1.29, 1.82) is 0 Å². The van der Waals surface area contributed by atoms with Crippen molar-refractivity contribution in [1.82, 2.24) is 0 Å². The second-order valence-electron chi connectivity index (χ2n) is 5.33. The highest BCUT2D eigenvalue weighted by molar-refractivity contribution is 6.18. The van der Waals surface area contributed by atoms with Crippen LogP contribution in [0.4, 0.5) is 0 Å². The zero-order chi connectivity index (χ0) is 20.2. The van der Waals surface area contributed by atoms with E-state index in [0.29, 0.717) is 23.3 Å². The summed E-state index contributed by atoms with van der Waals surface area (Å²) in [6.07, 6.45) is 5.07. The second-order valence-corrected chi connectivity index (χ2v) is 5.86. The van der Waals surface area contributed by atoms with E-state index in [-0.39, 0.29) is 0 Å². The van der Waals surface area contributed by atoms with Crippen molar-refractivity contribution in [2.24, 2.45) is 0 Å². The van der Waals surface area contributed by atoms with E-state index in [1.54, 1.807) is 19.9 Å². The van der Waals surface area contributed by atoms with Gasteiger partial charge in [-0.1, -0.05) is 30.0 Å². The third kappa shape index (κ3) is 5.95. The van der Waals surface area contributed by atoms with Gasteiger partial charge in [-0.3, -0.25) is 0 Å². The van der Waals surface area contributed by atoms with Gasteiger partial charge in [-0.25, -0.2) is 0 Å². The van der Waals surface area contributed by atoms with Crippen LogP contribution in [0.15, 0.2) is 36.4 Å². The molecule has 2 aromatic carbocycles. The van der Waals surface area contributed by atoms with Gasteiger partial charge < -0.3 is 9.47 Å². The van der Waals surface area contributed by atoms with E-state index in [1.165, 1.54) is 0 Å². The fraction of sp³-hybridized carbons (Fsp3) is 0.167. The van der Waals surface area contributed by atoms with Gasteiger partial charge in [0, 0.05) is 23.6 Å². The van der Waals surface area contributed by atoms with E-state index in [0.717, 1.165) is 22.3 Å². The zero-order valence-electron chi connectivity index (χ0n) is 15.5. The number of alkyl halides is 2. The maximum Gasteiger partial charge on any atom is 0.184 e. The molecule has 28 heavy (non-hydrogen) atoms. The van der Waals surface area contributed by atoms with Crippen molar-refractivity contribution >= 4 is 23.2 Å². The lowest BCUT2D eigenvalue weighted by molar-refractivity contribution is 0.452. The van der Waals surface area contributed by atoms with E-state index in [1.807, 2.05) is 30.3 Å². The number of benzene rings is 2. The van der Waals surface area contributed by atoms with Crippen LogP contribution >= 0.6 is 23.2 Å². The number of hydrogen-bond acceptors (Lipinski definition) is 2. The second kappa shape index (κ2) is 11.5. The first-order valence-corrected chi connectivity index (χ1v) is 9.35. The topological polar surface area (TPSA) is 18.5 Å². The summed E-state index contributed by atoms with van der Waals surface area (Å²) in [6.45, 7) is 3.40. The van der Waals surface area contributed by atoms with E-state index >= 15 is 0 Å². The first-order chi connectivity index (χ1) is 13.7. The molecule has 0 aliphatic carbocycles. The van der Waals surface area contributed by atoms with Gasteiger partial charge >= 0.3 is 0 Å². The Bertz CT molecular complexity index is 1090. The van der Waals surface area contributed by atoms with Crippen LogP contribution in [0.3, 0.4) is 0 Å². The smallest absolute Gasteiger partial charge is 0.184 e. The van der Waals surface area contributed by atoms with Crippen molar-refractivity contribution in [2.45, 2.75) is 25.6 Å². The summed E-state index contributed by atoms with van der Waals surface area (Å²) in [5, 5.41) is 0. The Labute approximate surface area is 176 Å². The third-order valence-corrected chi connectivity index (χ3v) is 4.12. The molecular weight excluding hydrogens is 391 g/mol. The molecule has 0 spiro atoms. The molecule has 0 aliphatic rings. The van der Waals surface area contributed by atoms with E-state index in [2.05, 4.69) is 47.7 Å². The Morgan fingerprint density at radius 1 is 0.750 bits per heavy atom. The van der Waals surface area contributed by atoms with Gasteiger partial charge in [0.15, 0.2) is 11.5 Å². The van der Waals surface area contributed by atoms with Crippen LogP contribution in [0.2, 0.25) is 0 Å².